The van der Waals surface area contributed by atoms with Gasteiger partial charge >= 0.3 is 0 Å². The molecule has 1 N–H and O–H groups in total. The van der Waals surface area contributed by atoms with E-state index in [-0.39, 0.29) is 11.7 Å². The molecule has 0 aromatic carbocycles. The van der Waals surface area contributed by atoms with E-state index >= 15 is 0 Å². The van der Waals surface area contributed by atoms with Crippen molar-refractivity contribution in [3.05, 3.63) is 27.9 Å². The highest BCUT2D eigenvalue weighted by molar-refractivity contribution is 5.07. The number of aromatic nitrogens is 2. The third-order valence-electron chi connectivity index (χ3n) is 4.01. The van der Waals surface area contributed by atoms with Gasteiger partial charge in [0.05, 0.1) is 12.3 Å². The summed E-state index contributed by atoms with van der Waals surface area (Å²) in [6, 6.07) is 2.11. The summed E-state index contributed by atoms with van der Waals surface area (Å²) in [7, 11) is 0. The van der Waals surface area contributed by atoms with E-state index in [0.717, 1.165) is 44.8 Å². The Morgan fingerprint density at radius 2 is 2.15 bits per heavy atom. The van der Waals surface area contributed by atoms with Crippen LogP contribution in [0.25, 0.3) is 0 Å². The molecule has 1 aromatic rings. The minimum Gasteiger partial charge on any atom is -0.381 e. The molecule has 20 heavy (non-hydrogen) atoms. The Hall–Kier alpha value is -1.24. The lowest BCUT2D eigenvalue weighted by Crippen LogP contribution is -2.47. The minimum atomic E-state index is -0.112. The molecule has 6 nitrogen and oxygen atoms in total. The van der Waals surface area contributed by atoms with Crippen LogP contribution in [0.1, 0.15) is 30.5 Å². The lowest BCUT2D eigenvalue weighted by Gasteiger charge is -2.39. The van der Waals surface area contributed by atoms with Crippen molar-refractivity contribution in [2.75, 3.05) is 32.9 Å². The number of H-pyrrole nitrogens is 1. The van der Waals surface area contributed by atoms with Crippen molar-refractivity contribution in [2.45, 2.75) is 31.9 Å². The van der Waals surface area contributed by atoms with Crippen molar-refractivity contribution in [3.8, 4) is 0 Å². The lowest BCUT2D eigenvalue weighted by atomic mass is 10.0. The Labute approximate surface area is 118 Å². The summed E-state index contributed by atoms with van der Waals surface area (Å²) in [4.78, 5) is 21.1. The Morgan fingerprint density at radius 1 is 1.35 bits per heavy atom. The van der Waals surface area contributed by atoms with E-state index in [1.165, 1.54) is 0 Å². The fraction of sp³-hybridized carbons (Fsp3) is 0.714. The Bertz CT molecular complexity index is 511. The monoisotopic (exact) mass is 279 g/mol. The number of ether oxygens (including phenoxy) is 2. The number of nitrogens with zero attached hydrogens (tertiary/aromatic N) is 2. The van der Waals surface area contributed by atoms with Crippen molar-refractivity contribution >= 4 is 0 Å². The molecule has 1 atom stereocenters. The summed E-state index contributed by atoms with van der Waals surface area (Å²) in [6.07, 6.45) is 2.05. The van der Waals surface area contributed by atoms with E-state index in [9.17, 15) is 4.79 Å². The molecule has 3 rings (SSSR count). The Kier molecular flexibility index (Phi) is 4.14. The summed E-state index contributed by atoms with van der Waals surface area (Å²) in [5.74, 6) is 0.638. The van der Waals surface area contributed by atoms with Crippen LogP contribution < -0.4 is 5.56 Å². The molecule has 2 saturated heterocycles. The minimum absolute atomic E-state index is 0.104. The largest absolute Gasteiger partial charge is 0.381 e. The predicted octanol–water partition coefficient (Wildman–Crippen LogP) is 0.631. The van der Waals surface area contributed by atoms with Crippen LogP contribution in [0.15, 0.2) is 10.9 Å². The first-order valence-corrected chi connectivity index (χ1v) is 7.23. The summed E-state index contributed by atoms with van der Waals surface area (Å²) in [6.45, 7) is 5.92. The van der Waals surface area contributed by atoms with Crippen LogP contribution in [0.5, 0.6) is 0 Å². The highest BCUT2D eigenvalue weighted by Gasteiger charge is 2.29. The number of nitrogens with one attached hydrogen (secondary N) is 1. The van der Waals surface area contributed by atoms with Crippen molar-refractivity contribution < 1.29 is 9.47 Å². The number of aryl methyl sites for hydroxylation is 1. The fourth-order valence-corrected chi connectivity index (χ4v) is 3.00. The van der Waals surface area contributed by atoms with Crippen LogP contribution in [-0.4, -0.2) is 53.8 Å². The molecule has 0 radical (unpaired) electrons. The van der Waals surface area contributed by atoms with Gasteiger partial charge in [0.15, 0.2) is 0 Å². The normalized spacial score (nSPS) is 25.8. The van der Waals surface area contributed by atoms with Gasteiger partial charge in [-0.15, -0.1) is 0 Å². The maximum Gasteiger partial charge on any atom is 0.251 e. The number of hydrogen-bond acceptors (Lipinski definition) is 5. The van der Waals surface area contributed by atoms with Gasteiger partial charge in [-0.2, -0.15) is 0 Å². The van der Waals surface area contributed by atoms with Crippen LogP contribution in [-0.2, 0) is 9.47 Å². The molecule has 1 aromatic heterocycles. The molecular formula is C14H21N3O3. The second-order valence-corrected chi connectivity index (χ2v) is 5.45. The molecule has 0 aliphatic carbocycles. The number of aromatic amines is 1. The first-order chi connectivity index (χ1) is 9.72. The van der Waals surface area contributed by atoms with Gasteiger partial charge < -0.3 is 14.5 Å². The molecule has 1 unspecified atom stereocenters. The van der Waals surface area contributed by atoms with E-state index in [1.54, 1.807) is 13.0 Å². The maximum absolute atomic E-state index is 11.6. The van der Waals surface area contributed by atoms with Crippen LogP contribution in [0.3, 0.4) is 0 Å². The van der Waals surface area contributed by atoms with Crippen molar-refractivity contribution in [3.63, 3.8) is 0 Å². The number of morpholine rings is 1. The second kappa shape index (κ2) is 6.03. The summed E-state index contributed by atoms with van der Waals surface area (Å²) in [5, 5.41) is 0. The molecule has 6 heteroatoms. The smallest absolute Gasteiger partial charge is 0.251 e. The highest BCUT2D eigenvalue weighted by Crippen LogP contribution is 2.24. The van der Waals surface area contributed by atoms with Gasteiger partial charge in [0.25, 0.3) is 5.56 Å². The molecule has 2 fully saturated rings. The predicted molar refractivity (Wildman–Crippen MR) is 73.7 cm³/mol. The van der Waals surface area contributed by atoms with Gasteiger partial charge in [-0.3, -0.25) is 9.69 Å². The van der Waals surface area contributed by atoms with E-state index < -0.39 is 0 Å². The molecule has 0 saturated carbocycles. The Balaban J connectivity index is 1.72. The third-order valence-corrected chi connectivity index (χ3v) is 4.01. The van der Waals surface area contributed by atoms with Gasteiger partial charge in [0.2, 0.25) is 0 Å². The van der Waals surface area contributed by atoms with Crippen molar-refractivity contribution in [1.29, 1.82) is 0 Å². The summed E-state index contributed by atoms with van der Waals surface area (Å²) in [5.41, 5.74) is 0.627. The highest BCUT2D eigenvalue weighted by atomic mass is 16.5. The standard InChI is InChI=1S/C14H21N3O3/c1-10-15-12(8-14(18)16-10)13-9-17(4-7-20-13)11-2-5-19-6-3-11/h8,11,13H,2-7,9H2,1H3,(H,15,16,18). The zero-order valence-corrected chi connectivity index (χ0v) is 11.8. The van der Waals surface area contributed by atoms with E-state index in [1.807, 2.05) is 0 Å². The van der Waals surface area contributed by atoms with Crippen LogP contribution in [0, 0.1) is 6.92 Å². The van der Waals surface area contributed by atoms with Gasteiger partial charge in [-0.25, -0.2) is 4.98 Å². The van der Waals surface area contributed by atoms with Gasteiger partial charge in [0.1, 0.15) is 11.9 Å². The van der Waals surface area contributed by atoms with E-state index in [4.69, 9.17) is 9.47 Å². The SMILES string of the molecule is Cc1nc(C2CN(C3CCOCC3)CCO2)cc(=O)[nH]1. The van der Waals surface area contributed by atoms with Gasteiger partial charge in [-0.05, 0) is 19.8 Å². The fourth-order valence-electron chi connectivity index (χ4n) is 3.00. The molecular weight excluding hydrogens is 258 g/mol. The molecule has 3 heterocycles. The maximum atomic E-state index is 11.6. The third kappa shape index (κ3) is 3.08. The molecule has 110 valence electrons. The van der Waals surface area contributed by atoms with Gasteiger partial charge in [0, 0.05) is 38.4 Å². The van der Waals surface area contributed by atoms with Crippen molar-refractivity contribution in [2.24, 2.45) is 0 Å². The average molecular weight is 279 g/mol. The molecule has 2 aliphatic rings. The molecule has 0 bridgehead atoms. The molecule has 0 spiro atoms. The van der Waals surface area contributed by atoms with E-state index in [2.05, 4.69) is 14.9 Å². The second-order valence-electron chi connectivity index (χ2n) is 5.45. The van der Waals surface area contributed by atoms with Crippen molar-refractivity contribution in [1.82, 2.24) is 14.9 Å². The zero-order chi connectivity index (χ0) is 13.9. The Morgan fingerprint density at radius 3 is 2.90 bits per heavy atom. The quantitative estimate of drug-likeness (QED) is 0.860. The lowest BCUT2D eigenvalue weighted by molar-refractivity contribution is -0.0648. The van der Waals surface area contributed by atoms with Crippen LogP contribution in [0.2, 0.25) is 0 Å². The van der Waals surface area contributed by atoms with Crippen LogP contribution >= 0.6 is 0 Å². The van der Waals surface area contributed by atoms with E-state index in [0.29, 0.717) is 18.5 Å². The topological polar surface area (TPSA) is 67.5 Å². The molecule has 0 amide bonds. The average Bonchev–Trinajstić information content (AvgIpc) is 2.47. The van der Waals surface area contributed by atoms with Crippen LogP contribution in [0.4, 0.5) is 0 Å². The zero-order valence-electron chi connectivity index (χ0n) is 11.8. The molecule has 2 aliphatic heterocycles. The number of rotatable bonds is 2. The first kappa shape index (κ1) is 13.7. The van der Waals surface area contributed by atoms with Gasteiger partial charge in [-0.1, -0.05) is 0 Å². The summed E-state index contributed by atoms with van der Waals surface area (Å²) < 4.78 is 11.2. The number of hydrogen-bond donors (Lipinski definition) is 1. The summed E-state index contributed by atoms with van der Waals surface area (Å²) >= 11 is 0. The first-order valence-electron chi connectivity index (χ1n) is 7.23.